The first-order chi connectivity index (χ1) is 25.9. The highest BCUT2D eigenvalue weighted by Crippen LogP contribution is 2.40. The monoisotopic (exact) mass is 834 g/mol. The van der Waals surface area contributed by atoms with Crippen LogP contribution in [0.5, 0.6) is 0 Å². The van der Waals surface area contributed by atoms with Crippen LogP contribution in [0.3, 0.4) is 0 Å². The summed E-state index contributed by atoms with van der Waals surface area (Å²) in [6, 6.07) is 31.5. The molecule has 0 amide bonds. The number of nitrogens with zero attached hydrogens (tertiary/aromatic N) is 2. The Morgan fingerprint density at radius 1 is 0.800 bits per heavy atom. The maximum atomic E-state index is 13.8. The Morgan fingerprint density at radius 3 is 1.82 bits per heavy atom. The number of hydrogen-bond donors (Lipinski definition) is 3. The van der Waals surface area contributed by atoms with Crippen molar-refractivity contribution >= 4 is 56.0 Å². The van der Waals surface area contributed by atoms with Crippen molar-refractivity contribution in [3.8, 4) is 0 Å². The number of sulfonamides is 1. The second-order valence-electron chi connectivity index (χ2n) is 14.5. The second-order valence-corrected chi connectivity index (χ2v) is 23.0. The number of nitrogens with one attached hydrogen (secondary N) is 1. The van der Waals surface area contributed by atoms with Crippen LogP contribution in [0, 0.1) is 0 Å². The van der Waals surface area contributed by atoms with Gasteiger partial charge in [0, 0.05) is 49.4 Å². The van der Waals surface area contributed by atoms with Crippen LogP contribution in [-0.2, 0) is 19.9 Å². The Labute approximate surface area is 328 Å². The molecular weight excluding hydrogens is 786 g/mol. The number of alkyl halides is 3. The Bertz CT molecular complexity index is 2030. The summed E-state index contributed by atoms with van der Waals surface area (Å²) < 4.78 is 90.5. The molecule has 9 nitrogen and oxygen atoms in total. The first-order valence-corrected chi connectivity index (χ1v) is 24.1. The third-order valence-electron chi connectivity index (χ3n) is 10.3. The van der Waals surface area contributed by atoms with Crippen molar-refractivity contribution < 1.29 is 34.8 Å². The van der Waals surface area contributed by atoms with Crippen molar-refractivity contribution in [2.45, 2.75) is 64.4 Å². The van der Waals surface area contributed by atoms with E-state index in [9.17, 15) is 34.8 Å². The topological polar surface area (TPSA) is 133 Å². The van der Waals surface area contributed by atoms with Gasteiger partial charge in [0.25, 0.3) is 18.2 Å². The van der Waals surface area contributed by atoms with Crippen LogP contribution >= 0.6 is 11.8 Å². The molecule has 1 aliphatic heterocycles. The van der Waals surface area contributed by atoms with Gasteiger partial charge in [-0.1, -0.05) is 92.7 Å². The van der Waals surface area contributed by atoms with Gasteiger partial charge in [-0.15, -0.1) is 11.8 Å². The summed E-state index contributed by atoms with van der Waals surface area (Å²) in [5.74, 6) is 0.407. The molecule has 5 rings (SSSR count). The number of sulfone groups is 1. The third-order valence-corrected chi connectivity index (χ3v) is 18.5. The molecule has 1 aliphatic rings. The second kappa shape index (κ2) is 17.9. The zero-order valence-electron chi connectivity index (χ0n) is 31.0. The molecule has 1 heterocycles. The molecule has 4 aromatic rings. The summed E-state index contributed by atoms with van der Waals surface area (Å²) in [5, 5.41) is 9.80. The van der Waals surface area contributed by atoms with E-state index in [4.69, 9.17) is 5.14 Å². The zero-order chi connectivity index (χ0) is 39.9. The average molecular weight is 835 g/mol. The third kappa shape index (κ3) is 10.6. The molecule has 0 bridgehead atoms. The Balaban J connectivity index is 1.22. The first-order valence-electron chi connectivity index (χ1n) is 18.1. The van der Waals surface area contributed by atoms with Crippen molar-refractivity contribution in [2.75, 3.05) is 50.3 Å². The quantitative estimate of drug-likeness (QED) is 0.0930. The van der Waals surface area contributed by atoms with E-state index < -0.39 is 49.5 Å². The number of primary sulfonamides is 1. The minimum atomic E-state index is -5.91. The standard InChI is InChI=1S/C39H49F3N4O5S3Si/c1-38(2,55(51,34-15-8-4-9-16-34)35-17-10-5-11-18-35)22-12-23-45-25-27-46(28-26-45)24-21-31(30-52-32-13-6-3-7-14-32)44-36-20-19-33(54(43,49)50)29-37(36)53(47,48)39(40,41)42/h3-11,13-20,29,31,44,51H,12,21-28,30H2,1-2H3,(H2,43,49,50)/t31-/m1/s1. The Kier molecular flexibility index (Phi) is 14.0. The highest BCUT2D eigenvalue weighted by atomic mass is 32.2. The molecule has 0 saturated carbocycles. The van der Waals surface area contributed by atoms with Gasteiger partial charge in [-0.2, -0.15) is 13.2 Å². The maximum absolute atomic E-state index is 13.8. The largest absolute Gasteiger partial charge is 0.501 e. The molecule has 55 heavy (non-hydrogen) atoms. The van der Waals surface area contributed by atoms with Gasteiger partial charge in [0.1, 0.15) is 4.90 Å². The van der Waals surface area contributed by atoms with Crippen molar-refractivity contribution in [3.63, 3.8) is 0 Å². The van der Waals surface area contributed by atoms with Gasteiger partial charge in [0.15, 0.2) is 0 Å². The minimum absolute atomic E-state index is 0.338. The first kappa shape index (κ1) is 42.9. The number of piperazine rings is 1. The van der Waals surface area contributed by atoms with Gasteiger partial charge in [-0.05, 0) is 71.6 Å². The molecule has 0 spiro atoms. The maximum Gasteiger partial charge on any atom is 0.501 e. The SMILES string of the molecule is CC(C)(CCCN1CCN(CC[C@H](CSc2ccccc2)Nc2ccc(S(N)(=O)=O)cc2S(=O)(=O)C(F)(F)F)CC1)[Si](O)(c1ccccc1)c1ccccc1. The van der Waals surface area contributed by atoms with Crippen LogP contribution in [0.2, 0.25) is 5.04 Å². The van der Waals surface area contributed by atoms with Gasteiger partial charge in [-0.3, -0.25) is 0 Å². The van der Waals surface area contributed by atoms with E-state index in [1.807, 2.05) is 91.0 Å². The summed E-state index contributed by atoms with van der Waals surface area (Å²) in [4.78, 5) is 16.2. The van der Waals surface area contributed by atoms with Crippen LogP contribution < -0.4 is 20.8 Å². The molecule has 0 unspecified atom stereocenters. The summed E-state index contributed by atoms with van der Waals surface area (Å²) in [7, 11) is -13.5. The predicted molar refractivity (Wildman–Crippen MR) is 217 cm³/mol. The minimum Gasteiger partial charge on any atom is -0.424 e. The zero-order valence-corrected chi connectivity index (χ0v) is 34.4. The number of rotatable bonds is 17. The molecule has 298 valence electrons. The van der Waals surface area contributed by atoms with Crippen molar-refractivity contribution in [3.05, 3.63) is 109 Å². The van der Waals surface area contributed by atoms with Crippen LogP contribution in [0.4, 0.5) is 18.9 Å². The average Bonchev–Trinajstić information content (AvgIpc) is 3.16. The van der Waals surface area contributed by atoms with Gasteiger partial charge in [-0.25, -0.2) is 22.0 Å². The van der Waals surface area contributed by atoms with E-state index >= 15 is 0 Å². The molecule has 0 aliphatic carbocycles. The Hall–Kier alpha value is -3.22. The number of hydrogen-bond acceptors (Lipinski definition) is 9. The van der Waals surface area contributed by atoms with Crippen molar-refractivity contribution in [1.29, 1.82) is 0 Å². The van der Waals surface area contributed by atoms with Crippen LogP contribution in [0.1, 0.15) is 33.1 Å². The van der Waals surface area contributed by atoms with Crippen molar-refractivity contribution in [2.24, 2.45) is 5.14 Å². The van der Waals surface area contributed by atoms with E-state index in [-0.39, 0.29) is 10.7 Å². The van der Waals surface area contributed by atoms with E-state index in [2.05, 4.69) is 29.0 Å². The van der Waals surface area contributed by atoms with Crippen LogP contribution in [-0.4, -0.2) is 96.3 Å². The molecule has 4 N–H and O–H groups in total. The summed E-state index contributed by atoms with van der Waals surface area (Å²) >= 11 is 1.48. The van der Waals surface area contributed by atoms with E-state index in [1.54, 1.807) is 0 Å². The van der Waals surface area contributed by atoms with Crippen LogP contribution in [0.25, 0.3) is 0 Å². The molecule has 1 fully saturated rings. The van der Waals surface area contributed by atoms with E-state index in [0.717, 1.165) is 73.0 Å². The van der Waals surface area contributed by atoms with Crippen molar-refractivity contribution in [1.82, 2.24) is 9.80 Å². The lowest BCUT2D eigenvalue weighted by Crippen LogP contribution is -2.65. The predicted octanol–water partition coefficient (Wildman–Crippen LogP) is 5.52. The number of nitrogens with two attached hydrogens (primary N) is 1. The number of anilines is 1. The number of benzene rings is 4. The molecule has 0 radical (unpaired) electrons. The molecule has 16 heteroatoms. The highest BCUT2D eigenvalue weighted by Gasteiger charge is 2.50. The van der Waals surface area contributed by atoms with E-state index in [0.29, 0.717) is 24.8 Å². The fourth-order valence-corrected chi connectivity index (χ4v) is 13.4. The fourth-order valence-electron chi connectivity index (χ4n) is 7.08. The van der Waals surface area contributed by atoms with Gasteiger partial charge in [0.05, 0.1) is 10.6 Å². The van der Waals surface area contributed by atoms with E-state index in [1.165, 1.54) is 11.8 Å². The molecule has 4 aromatic carbocycles. The lowest BCUT2D eigenvalue weighted by molar-refractivity contribution is -0.0435. The Morgan fingerprint density at radius 2 is 1.31 bits per heavy atom. The number of halogens is 3. The lowest BCUT2D eigenvalue weighted by Gasteiger charge is -2.42. The molecular formula is C39H49F3N4O5S3Si. The number of thioether (sulfide) groups is 1. The molecule has 1 atom stereocenters. The summed E-state index contributed by atoms with van der Waals surface area (Å²) in [6.45, 7) is 9.07. The highest BCUT2D eigenvalue weighted by molar-refractivity contribution is 7.99. The summed E-state index contributed by atoms with van der Waals surface area (Å²) in [6.07, 6.45) is 2.24. The lowest BCUT2D eigenvalue weighted by atomic mass is 10.1. The molecule has 0 aromatic heterocycles. The molecule has 1 saturated heterocycles. The summed E-state index contributed by atoms with van der Waals surface area (Å²) in [5.41, 5.74) is -6.00. The smallest absolute Gasteiger partial charge is 0.424 e. The van der Waals surface area contributed by atoms with Gasteiger partial charge in [0.2, 0.25) is 10.0 Å². The van der Waals surface area contributed by atoms with Gasteiger partial charge >= 0.3 is 5.51 Å². The normalized spacial score (nSPS) is 15.8. The van der Waals surface area contributed by atoms with Crippen LogP contribution in [0.15, 0.2) is 124 Å². The van der Waals surface area contributed by atoms with Gasteiger partial charge < -0.3 is 19.9 Å². The fraction of sp³-hybridized carbons (Fsp3) is 0.385.